The average Bonchev–Trinajstić information content (AvgIpc) is 3.13. The van der Waals surface area contributed by atoms with Crippen molar-refractivity contribution in [2.45, 2.75) is 38.1 Å². The zero-order chi connectivity index (χ0) is 31.3. The molecule has 0 amide bonds. The van der Waals surface area contributed by atoms with Crippen molar-refractivity contribution >= 4 is 33.5 Å². The Morgan fingerprint density at radius 3 is 1.98 bits per heavy atom. The first-order chi connectivity index (χ1) is 22.5. The van der Waals surface area contributed by atoms with Gasteiger partial charge in [-0.25, -0.2) is 0 Å². The lowest BCUT2D eigenvalue weighted by Crippen LogP contribution is -2.27. The number of allylic oxidation sites excluding steroid dienone is 3. The van der Waals surface area contributed by atoms with Crippen LogP contribution in [0.15, 0.2) is 158 Å². The number of hydrogen-bond donors (Lipinski definition) is 1. The summed E-state index contributed by atoms with van der Waals surface area (Å²) in [6.45, 7) is 7.00. The highest BCUT2D eigenvalue weighted by Crippen LogP contribution is 2.52. The van der Waals surface area contributed by atoms with Crippen molar-refractivity contribution in [2.24, 2.45) is 0 Å². The third kappa shape index (κ3) is 4.82. The molecule has 1 N–H and O–H groups in total. The Morgan fingerprint density at radius 1 is 0.565 bits per heavy atom. The zero-order valence-corrected chi connectivity index (χ0v) is 26.6. The topological polar surface area (TPSA) is 15.3 Å². The molecule has 2 atom stereocenters. The first-order valence-corrected chi connectivity index (χ1v) is 16.3. The van der Waals surface area contributed by atoms with Gasteiger partial charge in [0.05, 0.1) is 0 Å². The standard InChI is InChI=1S/C44H38N2/c1-30-13-10-11-19-41-38-26-24-34(29-40(38)39-18-12-20-42(43(39)45-30)44(41,2)3)31-21-22-33-28-37(25-23-32(33)27-31)46(35-14-6-4-7-15-35)36-16-8-5-9-17-36/h4-30,41,45H,1-3H3/b13-10-,19-11-. The minimum absolute atomic E-state index is 0.0689. The van der Waals surface area contributed by atoms with Crippen LogP contribution in [0.4, 0.5) is 22.7 Å². The van der Waals surface area contributed by atoms with Crippen LogP contribution < -0.4 is 10.2 Å². The molecule has 0 radical (unpaired) electrons. The quantitative estimate of drug-likeness (QED) is 0.218. The Balaban J connectivity index is 1.23. The van der Waals surface area contributed by atoms with Gasteiger partial charge in [0.2, 0.25) is 0 Å². The number of nitrogens with one attached hydrogen (secondary N) is 1. The van der Waals surface area contributed by atoms with E-state index in [-0.39, 0.29) is 17.4 Å². The molecule has 6 aromatic carbocycles. The molecule has 46 heavy (non-hydrogen) atoms. The largest absolute Gasteiger partial charge is 0.378 e. The van der Waals surface area contributed by atoms with Gasteiger partial charge < -0.3 is 10.2 Å². The van der Waals surface area contributed by atoms with Gasteiger partial charge in [-0.2, -0.15) is 0 Å². The Hall–Kier alpha value is -5.34. The van der Waals surface area contributed by atoms with E-state index in [1.165, 1.54) is 49.8 Å². The number of anilines is 4. The summed E-state index contributed by atoms with van der Waals surface area (Å²) in [7, 11) is 0. The van der Waals surface area contributed by atoms with Crippen LogP contribution in [-0.2, 0) is 5.41 Å². The minimum atomic E-state index is -0.0689. The number of hydrogen-bond acceptors (Lipinski definition) is 2. The summed E-state index contributed by atoms with van der Waals surface area (Å²) in [5.41, 5.74) is 12.4. The Bertz CT molecular complexity index is 2080. The summed E-state index contributed by atoms with van der Waals surface area (Å²) >= 11 is 0. The third-order valence-corrected chi connectivity index (χ3v) is 9.85. The van der Waals surface area contributed by atoms with E-state index >= 15 is 0 Å². The van der Waals surface area contributed by atoms with Crippen LogP contribution in [0.5, 0.6) is 0 Å². The summed E-state index contributed by atoms with van der Waals surface area (Å²) in [5.74, 6) is 0.252. The third-order valence-electron chi connectivity index (χ3n) is 9.85. The molecule has 8 rings (SSSR count). The van der Waals surface area contributed by atoms with Crippen molar-refractivity contribution in [2.75, 3.05) is 10.2 Å². The molecule has 1 heterocycles. The number of nitrogens with zero attached hydrogens (tertiary/aromatic N) is 1. The molecule has 1 aliphatic heterocycles. The zero-order valence-electron chi connectivity index (χ0n) is 26.6. The van der Waals surface area contributed by atoms with E-state index in [0.717, 1.165) is 17.1 Å². The van der Waals surface area contributed by atoms with Gasteiger partial charge in [-0.15, -0.1) is 0 Å². The maximum atomic E-state index is 3.87. The molecule has 0 saturated heterocycles. The lowest BCUT2D eigenvalue weighted by molar-refractivity contribution is 0.473. The molecule has 2 unspecified atom stereocenters. The van der Waals surface area contributed by atoms with E-state index in [2.05, 4.69) is 189 Å². The molecule has 2 nitrogen and oxygen atoms in total. The lowest BCUT2D eigenvalue weighted by Gasteiger charge is -2.34. The second kappa shape index (κ2) is 11.2. The molecule has 0 saturated carbocycles. The van der Waals surface area contributed by atoms with Crippen molar-refractivity contribution in [3.8, 4) is 22.3 Å². The first kappa shape index (κ1) is 28.2. The fourth-order valence-electron chi connectivity index (χ4n) is 7.45. The van der Waals surface area contributed by atoms with Gasteiger partial charge >= 0.3 is 0 Å². The monoisotopic (exact) mass is 594 g/mol. The van der Waals surface area contributed by atoms with Crippen molar-refractivity contribution in [3.63, 3.8) is 0 Å². The normalized spacial score (nSPS) is 19.0. The Labute approximate surface area is 272 Å². The molecule has 2 heteroatoms. The van der Waals surface area contributed by atoms with Crippen molar-refractivity contribution in [1.29, 1.82) is 0 Å². The fourth-order valence-corrected chi connectivity index (χ4v) is 7.45. The van der Waals surface area contributed by atoms with E-state index in [1.807, 2.05) is 0 Å². The molecule has 0 fully saturated rings. The number of benzene rings is 6. The fraction of sp³-hybridized carbons (Fsp3) is 0.136. The number of rotatable bonds is 4. The van der Waals surface area contributed by atoms with E-state index in [0.29, 0.717) is 0 Å². The van der Waals surface area contributed by atoms with Crippen LogP contribution in [0.3, 0.4) is 0 Å². The summed E-state index contributed by atoms with van der Waals surface area (Å²) in [5, 5.41) is 6.32. The van der Waals surface area contributed by atoms with E-state index in [1.54, 1.807) is 0 Å². The smallest absolute Gasteiger partial charge is 0.0468 e. The van der Waals surface area contributed by atoms with Crippen LogP contribution in [0.25, 0.3) is 33.0 Å². The predicted octanol–water partition coefficient (Wildman–Crippen LogP) is 11.9. The van der Waals surface area contributed by atoms with Crippen molar-refractivity contribution in [1.82, 2.24) is 0 Å². The highest BCUT2D eigenvalue weighted by Gasteiger charge is 2.38. The van der Waals surface area contributed by atoms with Gasteiger partial charge in [0.1, 0.15) is 0 Å². The van der Waals surface area contributed by atoms with Crippen molar-refractivity contribution < 1.29 is 0 Å². The second-order valence-corrected chi connectivity index (χ2v) is 13.2. The Morgan fingerprint density at radius 2 is 1.22 bits per heavy atom. The minimum Gasteiger partial charge on any atom is -0.378 e. The van der Waals surface area contributed by atoms with Gasteiger partial charge in [0, 0.05) is 45.7 Å². The van der Waals surface area contributed by atoms with Gasteiger partial charge in [0.15, 0.2) is 0 Å². The average molecular weight is 595 g/mol. The van der Waals surface area contributed by atoms with Gasteiger partial charge in [0.25, 0.3) is 0 Å². The molecular weight excluding hydrogens is 556 g/mol. The molecule has 2 aliphatic rings. The molecule has 4 bridgehead atoms. The summed E-state index contributed by atoms with van der Waals surface area (Å²) < 4.78 is 0. The maximum absolute atomic E-state index is 3.87. The highest BCUT2D eigenvalue weighted by atomic mass is 15.1. The van der Waals surface area contributed by atoms with Gasteiger partial charge in [-0.05, 0) is 94.0 Å². The van der Waals surface area contributed by atoms with E-state index < -0.39 is 0 Å². The lowest BCUT2D eigenvalue weighted by atomic mass is 9.70. The van der Waals surface area contributed by atoms with E-state index in [4.69, 9.17) is 0 Å². The second-order valence-electron chi connectivity index (χ2n) is 13.2. The SMILES string of the molecule is CC1/C=C\C=C/C2c3ccc(-c4ccc5cc(N(c6ccccc6)c6ccccc6)ccc5c4)cc3-c3cccc(c3N1)C2(C)C. The summed E-state index contributed by atoms with van der Waals surface area (Å²) in [6, 6.07) is 49.0. The highest BCUT2D eigenvalue weighted by molar-refractivity contribution is 5.93. The van der Waals surface area contributed by atoms with Crippen LogP contribution in [-0.4, -0.2) is 6.04 Å². The summed E-state index contributed by atoms with van der Waals surface area (Å²) in [4.78, 5) is 2.32. The Kier molecular flexibility index (Phi) is 6.87. The predicted molar refractivity (Wildman–Crippen MR) is 197 cm³/mol. The molecule has 0 aromatic heterocycles. The molecule has 224 valence electrons. The van der Waals surface area contributed by atoms with Crippen molar-refractivity contribution in [3.05, 3.63) is 169 Å². The van der Waals surface area contributed by atoms with Gasteiger partial charge in [-0.1, -0.05) is 123 Å². The number of fused-ring (bicyclic) bond motifs is 5. The first-order valence-electron chi connectivity index (χ1n) is 16.3. The van der Waals surface area contributed by atoms with Crippen LogP contribution in [0, 0.1) is 0 Å². The van der Waals surface area contributed by atoms with Crippen LogP contribution in [0.2, 0.25) is 0 Å². The number of para-hydroxylation sites is 3. The molecule has 1 aliphatic carbocycles. The molecule has 6 aromatic rings. The van der Waals surface area contributed by atoms with Crippen LogP contribution >= 0.6 is 0 Å². The molecular formula is C44H38N2. The summed E-state index contributed by atoms with van der Waals surface area (Å²) in [6.07, 6.45) is 9.06. The molecule has 0 spiro atoms. The van der Waals surface area contributed by atoms with Crippen LogP contribution in [0.1, 0.15) is 37.8 Å². The maximum Gasteiger partial charge on any atom is 0.0468 e. The van der Waals surface area contributed by atoms with E-state index in [9.17, 15) is 0 Å². The van der Waals surface area contributed by atoms with Gasteiger partial charge in [-0.3, -0.25) is 0 Å².